The number of aromatic carboxylic acids is 1. The summed E-state index contributed by atoms with van der Waals surface area (Å²) in [5.74, 6) is 0.0731. The molecule has 3 aromatic rings. The lowest BCUT2D eigenvalue weighted by Crippen LogP contribution is -2.12. The Labute approximate surface area is 232 Å². The second-order valence-electron chi connectivity index (χ2n) is 9.38. The van der Waals surface area contributed by atoms with Gasteiger partial charge >= 0.3 is 11.9 Å². The number of anilines is 2. The van der Waals surface area contributed by atoms with Crippen LogP contribution in [-0.2, 0) is 9.53 Å². The van der Waals surface area contributed by atoms with Crippen LogP contribution in [0.3, 0.4) is 0 Å². The minimum Gasteiger partial charge on any atom is -0.497 e. The average molecular weight is 532 g/mol. The monoisotopic (exact) mass is 531 g/mol. The first kappa shape index (κ1) is 31.2. The highest BCUT2D eigenvalue weighted by Gasteiger charge is 2.10. The van der Waals surface area contributed by atoms with Gasteiger partial charge in [0.25, 0.3) is 0 Å². The molecule has 0 aliphatic rings. The number of benzene rings is 3. The summed E-state index contributed by atoms with van der Waals surface area (Å²) in [5, 5.41) is 12.3. The zero-order valence-electron chi connectivity index (χ0n) is 23.7. The Morgan fingerprint density at radius 1 is 0.949 bits per heavy atom. The first-order valence-electron chi connectivity index (χ1n) is 13.4. The van der Waals surface area contributed by atoms with Crippen LogP contribution in [-0.4, -0.2) is 30.8 Å². The van der Waals surface area contributed by atoms with E-state index in [-0.39, 0.29) is 11.5 Å². The van der Waals surface area contributed by atoms with E-state index in [1.807, 2.05) is 62.4 Å². The maximum Gasteiger partial charge on any atom is 0.337 e. The number of carboxylic acid groups (broad SMARTS) is 1. The van der Waals surface area contributed by atoms with E-state index in [1.54, 1.807) is 31.4 Å². The van der Waals surface area contributed by atoms with Crippen molar-refractivity contribution in [1.29, 1.82) is 0 Å². The SMILES string of the molecule is CCCCC(CC)COC(=O)/C=C/c1ccc(OC)cc1.Cc1cccc(Nc2ccccc2C(=O)O)c1C. The van der Waals surface area contributed by atoms with Crippen molar-refractivity contribution in [2.24, 2.45) is 5.92 Å². The highest BCUT2D eigenvalue weighted by Crippen LogP contribution is 2.25. The summed E-state index contributed by atoms with van der Waals surface area (Å²) >= 11 is 0. The molecule has 0 aliphatic carbocycles. The summed E-state index contributed by atoms with van der Waals surface area (Å²) in [7, 11) is 1.63. The van der Waals surface area contributed by atoms with Crippen LogP contribution in [0.15, 0.2) is 72.8 Å². The molecule has 0 spiro atoms. The summed E-state index contributed by atoms with van der Waals surface area (Å²) in [5.41, 5.74) is 5.07. The number of ether oxygens (including phenoxy) is 2. The Hall–Kier alpha value is -4.06. The first-order chi connectivity index (χ1) is 18.8. The van der Waals surface area contributed by atoms with E-state index in [1.165, 1.54) is 24.5 Å². The van der Waals surface area contributed by atoms with E-state index < -0.39 is 5.97 Å². The quantitative estimate of drug-likeness (QED) is 0.181. The maximum atomic E-state index is 11.7. The van der Waals surface area contributed by atoms with Crippen molar-refractivity contribution in [1.82, 2.24) is 0 Å². The van der Waals surface area contributed by atoms with E-state index >= 15 is 0 Å². The Kier molecular flexibility index (Phi) is 13.4. The van der Waals surface area contributed by atoms with E-state index in [0.717, 1.165) is 35.4 Å². The van der Waals surface area contributed by atoms with Crippen molar-refractivity contribution in [2.45, 2.75) is 53.4 Å². The summed E-state index contributed by atoms with van der Waals surface area (Å²) in [6.45, 7) is 8.88. The molecular weight excluding hydrogens is 490 g/mol. The molecule has 0 radical (unpaired) electrons. The third-order valence-electron chi connectivity index (χ3n) is 6.56. The van der Waals surface area contributed by atoms with Gasteiger partial charge in [-0.3, -0.25) is 0 Å². The van der Waals surface area contributed by atoms with Gasteiger partial charge in [0.15, 0.2) is 0 Å². The molecule has 0 aliphatic heterocycles. The molecule has 39 heavy (non-hydrogen) atoms. The Morgan fingerprint density at radius 2 is 1.64 bits per heavy atom. The summed E-state index contributed by atoms with van der Waals surface area (Å²) in [4.78, 5) is 22.8. The Balaban J connectivity index is 0.000000276. The normalized spacial score (nSPS) is 11.3. The summed E-state index contributed by atoms with van der Waals surface area (Å²) in [6.07, 6.45) is 7.79. The van der Waals surface area contributed by atoms with Gasteiger partial charge in [-0.2, -0.15) is 0 Å². The predicted molar refractivity (Wildman–Crippen MR) is 159 cm³/mol. The van der Waals surface area contributed by atoms with Crippen molar-refractivity contribution in [2.75, 3.05) is 19.0 Å². The number of hydrogen-bond donors (Lipinski definition) is 2. The molecule has 2 N–H and O–H groups in total. The lowest BCUT2D eigenvalue weighted by molar-refractivity contribution is -0.139. The fraction of sp³-hybridized carbons (Fsp3) is 0.333. The number of carbonyl (C=O) groups excluding carboxylic acids is 1. The van der Waals surface area contributed by atoms with Crippen LogP contribution < -0.4 is 10.1 Å². The highest BCUT2D eigenvalue weighted by molar-refractivity contribution is 5.95. The minimum atomic E-state index is -0.927. The summed E-state index contributed by atoms with van der Waals surface area (Å²) < 4.78 is 10.4. The van der Waals surface area contributed by atoms with Gasteiger partial charge in [-0.05, 0) is 79.3 Å². The van der Waals surface area contributed by atoms with Crippen molar-refractivity contribution in [3.63, 3.8) is 0 Å². The van der Waals surface area contributed by atoms with E-state index in [0.29, 0.717) is 18.2 Å². The molecule has 0 aromatic heterocycles. The zero-order valence-corrected chi connectivity index (χ0v) is 23.7. The number of nitrogens with one attached hydrogen (secondary N) is 1. The second kappa shape index (κ2) is 16.7. The number of methoxy groups -OCH3 is 1. The maximum absolute atomic E-state index is 11.7. The number of rotatable bonds is 12. The molecule has 6 heteroatoms. The molecule has 208 valence electrons. The molecule has 3 aromatic carbocycles. The van der Waals surface area contributed by atoms with Crippen LogP contribution in [0.1, 0.15) is 66.6 Å². The fourth-order valence-electron chi connectivity index (χ4n) is 3.84. The zero-order chi connectivity index (χ0) is 28.6. The molecule has 6 nitrogen and oxygen atoms in total. The number of unbranched alkanes of at least 4 members (excludes halogenated alkanes) is 1. The fourth-order valence-corrected chi connectivity index (χ4v) is 3.84. The number of esters is 1. The largest absolute Gasteiger partial charge is 0.497 e. The first-order valence-corrected chi connectivity index (χ1v) is 13.4. The van der Waals surface area contributed by atoms with Crippen LogP contribution in [0.2, 0.25) is 0 Å². The predicted octanol–water partition coefficient (Wildman–Crippen LogP) is 8.21. The molecule has 0 heterocycles. The van der Waals surface area contributed by atoms with E-state index in [2.05, 4.69) is 19.2 Å². The number of hydrogen-bond acceptors (Lipinski definition) is 5. The number of carboxylic acids is 1. The van der Waals surface area contributed by atoms with Crippen molar-refractivity contribution < 1.29 is 24.2 Å². The standard InChI is InChI=1S/C18H26O3.C15H15NO2/c1-4-6-7-15(5-2)14-21-18(19)13-10-16-8-11-17(20-3)12-9-16;1-10-6-5-9-13(11(10)2)16-14-8-4-3-7-12(14)15(17)18/h8-13,15H,4-7,14H2,1-3H3;3-9,16H,1-2H3,(H,17,18)/b13-10+;. The van der Waals surface area contributed by atoms with Crippen LogP contribution in [0.4, 0.5) is 11.4 Å². The third kappa shape index (κ3) is 10.7. The lowest BCUT2D eigenvalue weighted by atomic mass is 10.0. The molecule has 0 fully saturated rings. The molecule has 0 bridgehead atoms. The number of para-hydroxylation sites is 1. The topological polar surface area (TPSA) is 84.9 Å². The minimum absolute atomic E-state index is 0.276. The highest BCUT2D eigenvalue weighted by atomic mass is 16.5. The van der Waals surface area contributed by atoms with Gasteiger partial charge in [0.2, 0.25) is 0 Å². The van der Waals surface area contributed by atoms with Gasteiger partial charge in [0, 0.05) is 11.8 Å². The van der Waals surface area contributed by atoms with Gasteiger partial charge in [-0.1, -0.05) is 69.5 Å². The van der Waals surface area contributed by atoms with Gasteiger partial charge in [-0.25, -0.2) is 9.59 Å². The molecule has 3 rings (SSSR count). The van der Waals surface area contributed by atoms with E-state index in [4.69, 9.17) is 14.6 Å². The average Bonchev–Trinajstić information content (AvgIpc) is 2.95. The molecule has 1 atom stereocenters. The molecule has 0 saturated carbocycles. The third-order valence-corrected chi connectivity index (χ3v) is 6.56. The number of aryl methyl sites for hydroxylation is 1. The van der Waals surface area contributed by atoms with Gasteiger partial charge in [0.05, 0.1) is 25.0 Å². The lowest BCUT2D eigenvalue weighted by Gasteiger charge is -2.13. The molecule has 0 saturated heterocycles. The van der Waals surface area contributed by atoms with Crippen molar-refractivity contribution >= 4 is 29.4 Å². The van der Waals surface area contributed by atoms with Crippen LogP contribution in [0, 0.1) is 19.8 Å². The Morgan fingerprint density at radius 3 is 2.28 bits per heavy atom. The molecular formula is C33H41NO5. The number of carbonyl (C=O) groups is 2. The van der Waals surface area contributed by atoms with Crippen LogP contribution in [0.5, 0.6) is 5.75 Å². The van der Waals surface area contributed by atoms with Gasteiger partial charge < -0.3 is 19.9 Å². The van der Waals surface area contributed by atoms with E-state index in [9.17, 15) is 9.59 Å². The molecule has 0 amide bonds. The van der Waals surface area contributed by atoms with Gasteiger partial charge in [-0.15, -0.1) is 0 Å². The van der Waals surface area contributed by atoms with Gasteiger partial charge in [0.1, 0.15) is 5.75 Å². The smallest absolute Gasteiger partial charge is 0.337 e. The van der Waals surface area contributed by atoms with Crippen LogP contribution in [0.25, 0.3) is 6.08 Å². The molecule has 1 unspecified atom stereocenters. The second-order valence-corrected chi connectivity index (χ2v) is 9.38. The van der Waals surface area contributed by atoms with Crippen molar-refractivity contribution in [3.05, 3.63) is 95.1 Å². The summed E-state index contributed by atoms with van der Waals surface area (Å²) in [6, 6.07) is 20.4. The Bertz CT molecular complexity index is 1220. The van der Waals surface area contributed by atoms with Crippen LogP contribution >= 0.6 is 0 Å². The van der Waals surface area contributed by atoms with Crippen molar-refractivity contribution in [3.8, 4) is 5.75 Å².